The summed E-state index contributed by atoms with van der Waals surface area (Å²) in [5, 5.41) is 14.0. The number of carbonyl (C=O) groups is 1. The molecule has 0 saturated carbocycles. The van der Waals surface area contributed by atoms with E-state index in [1.165, 1.54) is 6.07 Å². The minimum Gasteiger partial charge on any atom is -0.376 e. The Morgan fingerprint density at radius 3 is 2.44 bits per heavy atom. The summed E-state index contributed by atoms with van der Waals surface area (Å²) in [7, 11) is 0. The Kier molecular flexibility index (Phi) is 5.13. The summed E-state index contributed by atoms with van der Waals surface area (Å²) in [5.74, 6) is 0.0579. The zero-order valence-corrected chi connectivity index (χ0v) is 13.8. The molecule has 0 radical (unpaired) electrons. The van der Waals surface area contributed by atoms with Crippen molar-refractivity contribution in [3.05, 3.63) is 64.7 Å². The Balaban J connectivity index is 1.52. The van der Waals surface area contributed by atoms with E-state index in [0.29, 0.717) is 26.2 Å². The van der Waals surface area contributed by atoms with Gasteiger partial charge >= 0.3 is 0 Å². The van der Waals surface area contributed by atoms with Gasteiger partial charge < -0.3 is 15.1 Å². The van der Waals surface area contributed by atoms with Crippen molar-refractivity contribution in [2.75, 3.05) is 42.9 Å². The third-order valence-electron chi connectivity index (χ3n) is 4.26. The number of anilines is 2. The van der Waals surface area contributed by atoms with Crippen LogP contribution in [-0.4, -0.2) is 48.5 Å². The van der Waals surface area contributed by atoms with Gasteiger partial charge in [-0.05, 0) is 18.2 Å². The number of amides is 1. The molecule has 2 aromatic rings. The highest BCUT2D eigenvalue weighted by atomic mass is 16.6. The second-order valence-corrected chi connectivity index (χ2v) is 5.86. The number of nitrogens with one attached hydrogen (secondary N) is 1. The molecule has 0 atom stereocenters. The predicted octanol–water partition coefficient (Wildman–Crippen LogP) is 2.36. The highest BCUT2D eigenvalue weighted by Crippen LogP contribution is 2.22. The van der Waals surface area contributed by atoms with Crippen molar-refractivity contribution in [1.82, 2.24) is 4.90 Å². The van der Waals surface area contributed by atoms with Crippen LogP contribution in [0.2, 0.25) is 0 Å². The maximum Gasteiger partial charge on any atom is 0.271 e. The van der Waals surface area contributed by atoms with Crippen LogP contribution in [0.3, 0.4) is 0 Å². The molecule has 7 nitrogen and oxygen atoms in total. The number of nitro benzene ring substituents is 1. The van der Waals surface area contributed by atoms with E-state index < -0.39 is 4.92 Å². The molecule has 1 heterocycles. The van der Waals surface area contributed by atoms with Gasteiger partial charge in [-0.1, -0.05) is 24.3 Å². The summed E-state index contributed by atoms with van der Waals surface area (Å²) in [6.07, 6.45) is 0. The second-order valence-electron chi connectivity index (χ2n) is 5.86. The van der Waals surface area contributed by atoms with Gasteiger partial charge in [-0.15, -0.1) is 0 Å². The van der Waals surface area contributed by atoms with Crippen LogP contribution in [0.25, 0.3) is 0 Å². The fraction of sp³-hybridized carbons (Fsp3) is 0.278. The van der Waals surface area contributed by atoms with E-state index in [1.807, 2.05) is 41.3 Å². The minimum atomic E-state index is -0.390. The zero-order chi connectivity index (χ0) is 17.6. The first-order valence-electron chi connectivity index (χ1n) is 8.19. The lowest BCUT2D eigenvalue weighted by atomic mass is 10.2. The van der Waals surface area contributed by atoms with Gasteiger partial charge in [0.25, 0.3) is 5.69 Å². The SMILES string of the molecule is O=C(CNc1ccccc1)N1CCN(c2cccc([N+](=O)[O-])c2)CC1. The van der Waals surface area contributed by atoms with Crippen molar-refractivity contribution < 1.29 is 9.72 Å². The number of para-hydroxylation sites is 1. The van der Waals surface area contributed by atoms with Gasteiger partial charge in [0.1, 0.15) is 0 Å². The number of non-ortho nitro benzene ring substituents is 1. The Morgan fingerprint density at radius 2 is 1.76 bits per heavy atom. The molecule has 7 heteroatoms. The topological polar surface area (TPSA) is 78.7 Å². The molecule has 25 heavy (non-hydrogen) atoms. The smallest absolute Gasteiger partial charge is 0.271 e. The maximum absolute atomic E-state index is 12.3. The number of nitrogens with zero attached hydrogens (tertiary/aromatic N) is 3. The molecule has 130 valence electrons. The van der Waals surface area contributed by atoms with Gasteiger partial charge in [0.2, 0.25) is 5.91 Å². The van der Waals surface area contributed by atoms with Crippen LogP contribution in [0.15, 0.2) is 54.6 Å². The standard InChI is InChI=1S/C18H20N4O3/c23-18(14-19-15-5-2-1-3-6-15)21-11-9-20(10-12-21)16-7-4-8-17(13-16)22(24)25/h1-8,13,19H,9-12,14H2. The number of benzene rings is 2. The summed E-state index contributed by atoms with van der Waals surface area (Å²) < 4.78 is 0. The minimum absolute atomic E-state index is 0.0579. The van der Waals surface area contributed by atoms with Gasteiger partial charge in [-0.2, -0.15) is 0 Å². The molecule has 0 unspecified atom stereocenters. The average molecular weight is 340 g/mol. The average Bonchev–Trinajstić information content (AvgIpc) is 2.67. The van der Waals surface area contributed by atoms with Crippen LogP contribution in [0.5, 0.6) is 0 Å². The lowest BCUT2D eigenvalue weighted by molar-refractivity contribution is -0.384. The maximum atomic E-state index is 12.3. The van der Waals surface area contributed by atoms with Crippen molar-refractivity contribution in [1.29, 1.82) is 0 Å². The van der Waals surface area contributed by atoms with Crippen LogP contribution in [-0.2, 0) is 4.79 Å². The summed E-state index contributed by atoms with van der Waals surface area (Å²) in [6.45, 7) is 2.81. The third kappa shape index (κ3) is 4.26. The zero-order valence-electron chi connectivity index (χ0n) is 13.8. The molecular weight excluding hydrogens is 320 g/mol. The molecule has 0 spiro atoms. The molecule has 0 bridgehead atoms. The van der Waals surface area contributed by atoms with Gasteiger partial charge in [0, 0.05) is 49.7 Å². The molecule has 3 rings (SSSR count). The third-order valence-corrected chi connectivity index (χ3v) is 4.26. The highest BCUT2D eigenvalue weighted by molar-refractivity contribution is 5.81. The Labute approximate surface area is 146 Å². The summed E-state index contributed by atoms with van der Waals surface area (Å²) in [5.41, 5.74) is 1.83. The van der Waals surface area contributed by atoms with Crippen molar-refractivity contribution in [2.45, 2.75) is 0 Å². The van der Waals surface area contributed by atoms with E-state index in [9.17, 15) is 14.9 Å². The number of nitro groups is 1. The van der Waals surface area contributed by atoms with E-state index >= 15 is 0 Å². The predicted molar refractivity (Wildman–Crippen MR) is 96.8 cm³/mol. The van der Waals surface area contributed by atoms with Crippen LogP contribution < -0.4 is 10.2 Å². The van der Waals surface area contributed by atoms with Gasteiger partial charge in [-0.3, -0.25) is 14.9 Å². The molecule has 1 saturated heterocycles. The van der Waals surface area contributed by atoms with Crippen molar-refractivity contribution >= 4 is 23.0 Å². The molecule has 0 aromatic heterocycles. The number of rotatable bonds is 5. The first kappa shape index (κ1) is 16.8. The van der Waals surface area contributed by atoms with E-state index in [4.69, 9.17) is 0 Å². The van der Waals surface area contributed by atoms with E-state index in [2.05, 4.69) is 10.2 Å². The van der Waals surface area contributed by atoms with Crippen molar-refractivity contribution in [2.24, 2.45) is 0 Å². The second kappa shape index (κ2) is 7.65. The number of hydrogen-bond acceptors (Lipinski definition) is 5. The normalized spacial score (nSPS) is 14.2. The molecule has 1 aliphatic heterocycles. The van der Waals surface area contributed by atoms with E-state index in [0.717, 1.165) is 11.4 Å². The molecule has 2 aromatic carbocycles. The van der Waals surface area contributed by atoms with Crippen LogP contribution in [0.4, 0.5) is 17.1 Å². The van der Waals surface area contributed by atoms with Crippen molar-refractivity contribution in [3.63, 3.8) is 0 Å². The van der Waals surface area contributed by atoms with Crippen LogP contribution in [0.1, 0.15) is 0 Å². The summed E-state index contributed by atoms with van der Waals surface area (Å²) in [4.78, 5) is 26.7. The summed E-state index contributed by atoms with van der Waals surface area (Å²) >= 11 is 0. The fourth-order valence-electron chi connectivity index (χ4n) is 2.86. The lowest BCUT2D eigenvalue weighted by Gasteiger charge is -2.36. The lowest BCUT2D eigenvalue weighted by Crippen LogP contribution is -2.50. The fourth-order valence-corrected chi connectivity index (χ4v) is 2.86. The molecule has 1 N–H and O–H groups in total. The van der Waals surface area contributed by atoms with Crippen LogP contribution in [0, 0.1) is 10.1 Å². The first-order valence-corrected chi connectivity index (χ1v) is 8.19. The first-order chi connectivity index (χ1) is 12.1. The Hall–Kier alpha value is -3.09. The van der Waals surface area contributed by atoms with E-state index in [-0.39, 0.29) is 18.1 Å². The largest absolute Gasteiger partial charge is 0.376 e. The molecule has 1 fully saturated rings. The number of piperazine rings is 1. The van der Waals surface area contributed by atoms with Gasteiger partial charge in [-0.25, -0.2) is 0 Å². The summed E-state index contributed by atoms with van der Waals surface area (Å²) in [6, 6.07) is 16.2. The van der Waals surface area contributed by atoms with Crippen LogP contribution >= 0.6 is 0 Å². The highest BCUT2D eigenvalue weighted by Gasteiger charge is 2.21. The molecule has 1 aliphatic rings. The molecule has 0 aliphatic carbocycles. The van der Waals surface area contributed by atoms with Crippen molar-refractivity contribution in [3.8, 4) is 0 Å². The number of hydrogen-bond donors (Lipinski definition) is 1. The van der Waals surface area contributed by atoms with Gasteiger partial charge in [0.15, 0.2) is 0 Å². The Morgan fingerprint density at radius 1 is 1.04 bits per heavy atom. The molecular formula is C18H20N4O3. The van der Waals surface area contributed by atoms with E-state index in [1.54, 1.807) is 12.1 Å². The Bertz CT molecular complexity index is 743. The quantitative estimate of drug-likeness (QED) is 0.668. The molecule has 1 amide bonds. The number of carbonyl (C=O) groups excluding carboxylic acids is 1. The van der Waals surface area contributed by atoms with Gasteiger partial charge in [0.05, 0.1) is 11.5 Å². The monoisotopic (exact) mass is 340 g/mol.